The Hall–Kier alpha value is -3.68. The van der Waals surface area contributed by atoms with Crippen molar-refractivity contribution in [1.82, 2.24) is 20.0 Å². The summed E-state index contributed by atoms with van der Waals surface area (Å²) in [6.45, 7) is 6.62. The van der Waals surface area contributed by atoms with Gasteiger partial charge in [0.2, 0.25) is 11.8 Å². The number of anilines is 1. The number of hydrogen-bond acceptors (Lipinski definition) is 9. The van der Waals surface area contributed by atoms with E-state index in [0.717, 1.165) is 56.0 Å². The molecule has 43 heavy (non-hydrogen) atoms. The van der Waals surface area contributed by atoms with Gasteiger partial charge in [0.25, 0.3) is 11.8 Å². The molecule has 3 fully saturated rings. The third-order valence-corrected chi connectivity index (χ3v) is 9.83. The van der Waals surface area contributed by atoms with Gasteiger partial charge in [-0.2, -0.15) is 8.42 Å². The van der Waals surface area contributed by atoms with Gasteiger partial charge in [0.15, 0.2) is 0 Å². The van der Waals surface area contributed by atoms with Gasteiger partial charge in [0.1, 0.15) is 6.04 Å². The minimum Gasteiger partial charge on any atom is -0.368 e. The lowest BCUT2D eigenvalue weighted by molar-refractivity contribution is -0.136. The number of nitrogens with one attached hydrogen (secondary N) is 1. The van der Waals surface area contributed by atoms with Crippen molar-refractivity contribution < 1.29 is 31.5 Å². The number of halogens is 1. The van der Waals surface area contributed by atoms with E-state index in [0.29, 0.717) is 42.4 Å². The fourth-order valence-electron chi connectivity index (χ4n) is 6.64. The van der Waals surface area contributed by atoms with E-state index in [-0.39, 0.29) is 17.7 Å². The molecule has 0 radical (unpaired) electrons. The van der Waals surface area contributed by atoms with Crippen molar-refractivity contribution >= 4 is 39.5 Å². The van der Waals surface area contributed by atoms with E-state index in [1.807, 2.05) is 6.07 Å². The van der Waals surface area contributed by atoms with Gasteiger partial charge in [-0.25, -0.2) is 0 Å². The van der Waals surface area contributed by atoms with Crippen LogP contribution in [0.15, 0.2) is 47.4 Å². The Labute approximate surface area is 249 Å². The Bertz CT molecular complexity index is 1550. The zero-order valence-corrected chi connectivity index (χ0v) is 24.5. The zero-order valence-electron chi connectivity index (χ0n) is 23.7. The van der Waals surface area contributed by atoms with E-state index in [4.69, 9.17) is 0 Å². The molecule has 6 rings (SSSR count). The second kappa shape index (κ2) is 11.8. The Morgan fingerprint density at radius 2 is 1.51 bits per heavy atom. The second-order valence-corrected chi connectivity index (χ2v) is 13.1. The van der Waals surface area contributed by atoms with E-state index < -0.39 is 39.9 Å². The number of amides is 4. The SMILES string of the molecule is O=C1CCC(N2C(=O)c3cccc(N4CCN(CC5CCN(Cc6ccc(S(=O)(=O)F)cc6)CC5)CC4)c3C2=O)C(=O)N1. The fourth-order valence-corrected chi connectivity index (χ4v) is 7.10. The molecule has 13 heteroatoms. The van der Waals surface area contributed by atoms with Gasteiger partial charge in [-0.05, 0) is 68.1 Å². The van der Waals surface area contributed by atoms with Crippen LogP contribution >= 0.6 is 0 Å². The molecule has 3 saturated heterocycles. The highest BCUT2D eigenvalue weighted by molar-refractivity contribution is 7.86. The average Bonchev–Trinajstić information content (AvgIpc) is 3.24. The Morgan fingerprint density at radius 1 is 0.814 bits per heavy atom. The predicted molar refractivity (Wildman–Crippen MR) is 155 cm³/mol. The van der Waals surface area contributed by atoms with Gasteiger partial charge in [0.05, 0.1) is 21.7 Å². The lowest BCUT2D eigenvalue weighted by Crippen LogP contribution is -2.54. The van der Waals surface area contributed by atoms with Crippen molar-refractivity contribution in [1.29, 1.82) is 0 Å². The van der Waals surface area contributed by atoms with E-state index in [1.54, 1.807) is 24.3 Å². The van der Waals surface area contributed by atoms with Gasteiger partial charge in [-0.15, -0.1) is 3.89 Å². The minimum absolute atomic E-state index is 0.0846. The molecule has 4 amide bonds. The lowest BCUT2D eigenvalue weighted by atomic mass is 9.95. The normalized spacial score (nSPS) is 22.7. The molecule has 1 N–H and O–H groups in total. The van der Waals surface area contributed by atoms with Crippen molar-refractivity contribution in [3.05, 3.63) is 59.2 Å². The minimum atomic E-state index is -4.69. The number of likely N-dealkylation sites (tertiary alicyclic amines) is 1. The van der Waals surface area contributed by atoms with Crippen LogP contribution in [-0.2, 0) is 26.4 Å². The number of fused-ring (bicyclic) bond motifs is 1. The zero-order chi connectivity index (χ0) is 30.3. The quantitative estimate of drug-likeness (QED) is 0.368. The van der Waals surface area contributed by atoms with Gasteiger partial charge >= 0.3 is 10.2 Å². The van der Waals surface area contributed by atoms with Crippen LogP contribution in [0.1, 0.15) is 52.0 Å². The number of piperazine rings is 1. The third kappa shape index (κ3) is 6.06. The predicted octanol–water partition coefficient (Wildman–Crippen LogP) is 1.78. The standard InChI is InChI=1S/C30H34FN5O6S/c31-43(41,42)22-6-4-20(5-7-22)18-33-12-10-21(11-13-33)19-34-14-16-35(17-15-34)24-3-1-2-23-27(24)30(40)36(29(23)39)25-8-9-26(37)32-28(25)38/h1-7,21,25H,8-19H2,(H,32,37,38). The highest BCUT2D eigenvalue weighted by Crippen LogP contribution is 2.35. The van der Waals surface area contributed by atoms with E-state index >= 15 is 0 Å². The fraction of sp³-hybridized carbons (Fsp3) is 0.467. The molecule has 2 aromatic rings. The van der Waals surface area contributed by atoms with Crippen LogP contribution in [0.2, 0.25) is 0 Å². The largest absolute Gasteiger partial charge is 0.368 e. The van der Waals surface area contributed by atoms with Crippen molar-refractivity contribution in [3.8, 4) is 0 Å². The number of benzene rings is 2. The third-order valence-electron chi connectivity index (χ3n) is 8.99. The van der Waals surface area contributed by atoms with Gasteiger partial charge in [-0.3, -0.25) is 39.2 Å². The average molecular weight is 612 g/mol. The molecule has 1 atom stereocenters. The summed E-state index contributed by atoms with van der Waals surface area (Å²) < 4.78 is 35.2. The Morgan fingerprint density at radius 3 is 2.16 bits per heavy atom. The molecular formula is C30H34FN5O6S. The lowest BCUT2D eigenvalue weighted by Gasteiger charge is -2.40. The number of carbonyl (C=O) groups excluding carboxylic acids is 4. The van der Waals surface area contributed by atoms with Crippen molar-refractivity contribution in [2.75, 3.05) is 50.7 Å². The molecule has 4 aliphatic heterocycles. The summed E-state index contributed by atoms with van der Waals surface area (Å²) in [4.78, 5) is 58.3. The first-order valence-electron chi connectivity index (χ1n) is 14.7. The van der Waals surface area contributed by atoms with Crippen LogP contribution in [0.25, 0.3) is 0 Å². The molecule has 1 unspecified atom stereocenters. The first kappa shape index (κ1) is 29.4. The molecule has 0 aromatic heterocycles. The highest BCUT2D eigenvalue weighted by atomic mass is 32.3. The monoisotopic (exact) mass is 611 g/mol. The number of rotatable bonds is 7. The molecule has 0 saturated carbocycles. The van der Waals surface area contributed by atoms with Crippen LogP contribution in [0, 0.1) is 5.92 Å². The first-order valence-corrected chi connectivity index (χ1v) is 16.0. The molecule has 0 spiro atoms. The van der Waals surface area contributed by atoms with Gasteiger partial charge < -0.3 is 4.90 Å². The van der Waals surface area contributed by atoms with Gasteiger partial charge in [0, 0.05) is 45.7 Å². The van der Waals surface area contributed by atoms with Crippen LogP contribution in [0.4, 0.5) is 9.57 Å². The maximum absolute atomic E-state index is 13.5. The summed E-state index contributed by atoms with van der Waals surface area (Å²) in [5.41, 5.74) is 2.29. The molecular weight excluding hydrogens is 577 g/mol. The second-order valence-electron chi connectivity index (χ2n) is 11.7. The van der Waals surface area contributed by atoms with Crippen molar-refractivity contribution in [2.45, 2.75) is 43.2 Å². The molecule has 0 bridgehead atoms. The van der Waals surface area contributed by atoms with Crippen molar-refractivity contribution in [3.63, 3.8) is 0 Å². The smallest absolute Gasteiger partial charge is 0.332 e. The Kier molecular flexibility index (Phi) is 8.05. The molecule has 0 aliphatic carbocycles. The molecule has 4 heterocycles. The Balaban J connectivity index is 1.01. The molecule has 228 valence electrons. The highest BCUT2D eigenvalue weighted by Gasteiger charge is 2.46. The summed E-state index contributed by atoms with van der Waals surface area (Å²) in [6, 6.07) is 10.2. The number of imide groups is 2. The number of nitrogens with zero attached hydrogens (tertiary/aromatic N) is 4. The summed E-state index contributed by atoms with van der Waals surface area (Å²) >= 11 is 0. The van der Waals surface area contributed by atoms with Gasteiger partial charge in [-0.1, -0.05) is 18.2 Å². The van der Waals surface area contributed by atoms with Crippen molar-refractivity contribution in [2.24, 2.45) is 5.92 Å². The molecule has 11 nitrogen and oxygen atoms in total. The number of piperidine rings is 2. The topological polar surface area (TPSA) is 127 Å². The summed E-state index contributed by atoms with van der Waals surface area (Å²) in [7, 11) is -4.69. The van der Waals surface area contributed by atoms with E-state index in [9.17, 15) is 31.5 Å². The van der Waals surface area contributed by atoms with Crippen LogP contribution in [0.5, 0.6) is 0 Å². The van der Waals surface area contributed by atoms with Crippen LogP contribution in [0.3, 0.4) is 0 Å². The summed E-state index contributed by atoms with van der Waals surface area (Å²) in [5, 5.41) is 2.24. The van der Waals surface area contributed by atoms with Crippen LogP contribution in [-0.4, -0.2) is 98.6 Å². The maximum atomic E-state index is 13.5. The van der Waals surface area contributed by atoms with Crippen LogP contribution < -0.4 is 10.2 Å². The number of hydrogen-bond donors (Lipinski definition) is 1. The van der Waals surface area contributed by atoms with E-state index in [2.05, 4.69) is 20.0 Å². The summed E-state index contributed by atoms with van der Waals surface area (Å²) in [6.07, 6.45) is 2.32. The maximum Gasteiger partial charge on any atom is 0.332 e. The number of carbonyl (C=O) groups is 4. The molecule has 2 aromatic carbocycles. The first-order chi connectivity index (χ1) is 20.6. The molecule has 4 aliphatic rings. The summed E-state index contributed by atoms with van der Waals surface area (Å²) in [5.74, 6) is -1.43. The van der Waals surface area contributed by atoms with E-state index in [1.165, 1.54) is 12.1 Å².